The van der Waals surface area contributed by atoms with Crippen LogP contribution in [0.5, 0.6) is 0 Å². The molecule has 0 amide bonds. The van der Waals surface area contributed by atoms with Gasteiger partial charge in [0.05, 0.1) is 16.9 Å². The first-order valence-corrected chi connectivity index (χ1v) is 8.21. The van der Waals surface area contributed by atoms with E-state index in [9.17, 15) is 18.0 Å². The maximum absolute atomic E-state index is 13.7. The lowest BCUT2D eigenvalue weighted by Gasteiger charge is -2.33. The van der Waals surface area contributed by atoms with Gasteiger partial charge in [0.15, 0.2) is 5.78 Å². The molecule has 1 spiro atoms. The summed E-state index contributed by atoms with van der Waals surface area (Å²) in [7, 11) is 0. The number of allylic oxidation sites excluding steroid dienone is 2. The van der Waals surface area contributed by atoms with Gasteiger partial charge in [-0.15, -0.1) is 0 Å². The predicted octanol–water partition coefficient (Wildman–Crippen LogP) is 4.46. The van der Waals surface area contributed by atoms with Gasteiger partial charge in [-0.1, -0.05) is 11.6 Å². The number of carbonyl (C=O) groups is 1. The molecule has 0 radical (unpaired) electrons. The summed E-state index contributed by atoms with van der Waals surface area (Å²) >= 11 is 6.24. The number of ketones is 1. The molecule has 2 bridgehead atoms. The minimum absolute atomic E-state index is 0.169. The minimum Gasteiger partial charge on any atom is -0.344 e. The molecule has 124 valence electrons. The zero-order valence-corrected chi connectivity index (χ0v) is 13.2. The van der Waals surface area contributed by atoms with Crippen molar-refractivity contribution < 1.29 is 18.0 Å². The van der Waals surface area contributed by atoms with Gasteiger partial charge in [-0.3, -0.25) is 4.79 Å². The number of nitrogens with zero attached hydrogens (tertiary/aromatic N) is 1. The number of hydrogen-bond acceptors (Lipinski definition) is 2. The van der Waals surface area contributed by atoms with E-state index in [2.05, 4.69) is 9.97 Å². The van der Waals surface area contributed by atoms with Crippen LogP contribution in [-0.2, 0) is 11.2 Å². The Morgan fingerprint density at radius 1 is 1.38 bits per heavy atom. The molecular formula is C17H12ClF3N2O. The van der Waals surface area contributed by atoms with Crippen molar-refractivity contribution in [3.8, 4) is 0 Å². The molecule has 1 fully saturated rings. The number of aromatic amines is 1. The normalized spacial score (nSPS) is 28.7. The Hall–Kier alpha value is -1.82. The number of halogens is 4. The number of Topliss-reactive ketones (excluding diaryl/α,β-unsaturated/α-hetero) is 1. The number of aromatic nitrogens is 2. The van der Waals surface area contributed by atoms with Crippen LogP contribution in [0.2, 0.25) is 5.02 Å². The lowest BCUT2D eigenvalue weighted by Crippen LogP contribution is -2.34. The lowest BCUT2D eigenvalue weighted by atomic mass is 9.71. The molecule has 1 aromatic carbocycles. The molecule has 1 saturated carbocycles. The highest BCUT2D eigenvalue weighted by Crippen LogP contribution is 2.64. The van der Waals surface area contributed by atoms with E-state index in [4.69, 9.17) is 11.6 Å². The maximum Gasteiger partial charge on any atom is 0.420 e. The van der Waals surface area contributed by atoms with Crippen molar-refractivity contribution in [2.75, 3.05) is 0 Å². The van der Waals surface area contributed by atoms with Crippen LogP contribution in [0.1, 0.15) is 30.4 Å². The molecule has 3 aliphatic carbocycles. The first kappa shape index (κ1) is 14.5. The zero-order chi connectivity index (χ0) is 16.9. The summed E-state index contributed by atoms with van der Waals surface area (Å²) in [5, 5.41) is 0.309. The van der Waals surface area contributed by atoms with Crippen LogP contribution in [0, 0.1) is 11.3 Å². The van der Waals surface area contributed by atoms with E-state index < -0.39 is 28.9 Å². The fourth-order valence-corrected chi connectivity index (χ4v) is 5.24. The van der Waals surface area contributed by atoms with Crippen molar-refractivity contribution >= 4 is 34.0 Å². The van der Waals surface area contributed by atoms with E-state index in [1.54, 1.807) is 6.07 Å². The van der Waals surface area contributed by atoms with Crippen molar-refractivity contribution in [3.05, 3.63) is 34.1 Å². The smallest absolute Gasteiger partial charge is 0.344 e. The van der Waals surface area contributed by atoms with Gasteiger partial charge in [0.1, 0.15) is 11.1 Å². The summed E-state index contributed by atoms with van der Waals surface area (Å²) in [6.07, 6.45) is -0.995. The predicted molar refractivity (Wildman–Crippen MR) is 82.6 cm³/mol. The molecule has 24 heavy (non-hydrogen) atoms. The number of rotatable bonds is 0. The van der Waals surface area contributed by atoms with Crippen molar-refractivity contribution in [1.29, 1.82) is 0 Å². The zero-order valence-electron chi connectivity index (χ0n) is 12.4. The van der Waals surface area contributed by atoms with Crippen LogP contribution in [0.25, 0.3) is 16.6 Å². The average Bonchev–Trinajstić information content (AvgIpc) is 3.17. The highest BCUT2D eigenvalue weighted by Gasteiger charge is 2.59. The fourth-order valence-electron chi connectivity index (χ4n) is 4.99. The third kappa shape index (κ3) is 1.60. The highest BCUT2D eigenvalue weighted by atomic mass is 35.5. The van der Waals surface area contributed by atoms with Gasteiger partial charge in [-0.2, -0.15) is 13.2 Å². The number of benzene rings is 1. The number of carbonyl (C=O) groups excluding carboxylic acids is 1. The maximum atomic E-state index is 13.7. The van der Waals surface area contributed by atoms with Gasteiger partial charge in [0.25, 0.3) is 0 Å². The summed E-state index contributed by atoms with van der Waals surface area (Å²) < 4.78 is 41.2. The number of imidazole rings is 1. The molecule has 3 nitrogen and oxygen atoms in total. The van der Waals surface area contributed by atoms with Crippen LogP contribution in [0.15, 0.2) is 18.0 Å². The number of hydrogen-bond donors (Lipinski definition) is 1. The van der Waals surface area contributed by atoms with Crippen molar-refractivity contribution in [2.24, 2.45) is 11.3 Å². The molecule has 1 N–H and O–H groups in total. The second-order valence-corrected chi connectivity index (χ2v) is 7.43. The quantitative estimate of drug-likeness (QED) is 0.761. The van der Waals surface area contributed by atoms with E-state index in [0.29, 0.717) is 47.3 Å². The van der Waals surface area contributed by atoms with Gasteiger partial charge >= 0.3 is 6.18 Å². The first-order chi connectivity index (χ1) is 11.3. The lowest BCUT2D eigenvalue weighted by molar-refractivity contribution is -0.132. The average molecular weight is 353 g/mol. The molecule has 0 saturated heterocycles. The molecule has 2 atom stereocenters. The van der Waals surface area contributed by atoms with Crippen LogP contribution < -0.4 is 0 Å². The number of H-pyrrole nitrogens is 1. The van der Waals surface area contributed by atoms with E-state index in [1.807, 2.05) is 0 Å². The Labute approximate surface area is 139 Å². The Balaban J connectivity index is 1.91. The van der Waals surface area contributed by atoms with E-state index in [1.165, 1.54) is 6.33 Å². The molecule has 7 heteroatoms. The Kier molecular flexibility index (Phi) is 2.56. The molecular weight excluding hydrogens is 341 g/mol. The first-order valence-electron chi connectivity index (χ1n) is 7.83. The van der Waals surface area contributed by atoms with Gasteiger partial charge < -0.3 is 4.98 Å². The van der Waals surface area contributed by atoms with E-state index in [-0.39, 0.29) is 5.57 Å². The summed E-state index contributed by atoms with van der Waals surface area (Å²) in [5.74, 6) is -1.26. The van der Waals surface area contributed by atoms with E-state index in [0.717, 1.165) is 5.56 Å². The molecule has 5 rings (SSSR count). The summed E-state index contributed by atoms with van der Waals surface area (Å²) in [6, 6.07) is 1.56. The third-order valence-corrected chi connectivity index (χ3v) is 6.13. The largest absolute Gasteiger partial charge is 0.420 e. The molecule has 2 aromatic rings. The molecule has 1 heterocycles. The van der Waals surface area contributed by atoms with Crippen LogP contribution >= 0.6 is 11.6 Å². The van der Waals surface area contributed by atoms with Crippen molar-refractivity contribution in [3.63, 3.8) is 0 Å². The van der Waals surface area contributed by atoms with Gasteiger partial charge in [-0.25, -0.2) is 4.98 Å². The third-order valence-electron chi connectivity index (χ3n) is 5.84. The van der Waals surface area contributed by atoms with Gasteiger partial charge in [0, 0.05) is 11.3 Å². The second-order valence-electron chi connectivity index (χ2n) is 7.02. The number of alkyl halides is 3. The summed E-state index contributed by atoms with van der Waals surface area (Å²) in [5.41, 5.74) is 1.16. The van der Waals surface area contributed by atoms with Crippen LogP contribution in [-0.4, -0.2) is 21.9 Å². The molecule has 1 unspecified atom stereocenters. The fraction of sp³-hybridized carbons (Fsp3) is 0.412. The molecule has 1 aromatic heterocycles. The topological polar surface area (TPSA) is 45.8 Å². The second kappa shape index (κ2) is 4.23. The summed E-state index contributed by atoms with van der Waals surface area (Å²) in [6.45, 7) is 0. The minimum atomic E-state index is -4.64. The SMILES string of the molecule is O=C1C(C(F)(F)F)=C2c3cc(Cl)c4nc[nH]c4c3C[C@@]23CCC1C3. The molecule has 3 aliphatic rings. The highest BCUT2D eigenvalue weighted by molar-refractivity contribution is 6.35. The van der Waals surface area contributed by atoms with Gasteiger partial charge in [0.2, 0.25) is 0 Å². The Morgan fingerprint density at radius 2 is 2.17 bits per heavy atom. The standard InChI is InChI=1S/C17H12ClF3N2O/c18-10-3-8-9(13-14(10)23-6-22-13)5-16-2-1-7(4-16)15(24)12(11(8)16)17(19,20)21/h3,6-7H,1-2,4-5H2,(H,22,23)/t7?,16-/m0/s1. The van der Waals surface area contributed by atoms with Crippen LogP contribution in [0.3, 0.4) is 0 Å². The van der Waals surface area contributed by atoms with Crippen LogP contribution in [0.4, 0.5) is 13.2 Å². The Morgan fingerprint density at radius 3 is 2.92 bits per heavy atom. The summed E-state index contributed by atoms with van der Waals surface area (Å²) in [4.78, 5) is 19.6. The molecule has 0 aliphatic heterocycles. The monoisotopic (exact) mass is 352 g/mol. The van der Waals surface area contributed by atoms with Gasteiger partial charge in [-0.05, 0) is 48.4 Å². The Bertz CT molecular complexity index is 959. The number of nitrogens with one attached hydrogen (secondary N) is 1. The number of fused-ring (bicyclic) bond motifs is 5. The van der Waals surface area contributed by atoms with Crippen molar-refractivity contribution in [2.45, 2.75) is 31.9 Å². The van der Waals surface area contributed by atoms with E-state index >= 15 is 0 Å². The van der Waals surface area contributed by atoms with Crippen molar-refractivity contribution in [1.82, 2.24) is 9.97 Å².